The minimum atomic E-state index is -5.14. The Hall–Kier alpha value is -2.89. The first kappa shape index (κ1) is 27.7. The molecule has 0 spiro atoms. The molecule has 194 valence electrons. The topological polar surface area (TPSA) is 0 Å². The van der Waals surface area contributed by atoms with E-state index in [4.69, 9.17) is 11.6 Å². The Morgan fingerprint density at radius 3 is 1.14 bits per heavy atom. The molecule has 0 atom stereocenters. The van der Waals surface area contributed by atoms with Crippen LogP contribution in [-0.4, -0.2) is 0 Å². The van der Waals surface area contributed by atoms with Crippen molar-refractivity contribution in [3.05, 3.63) is 93.0 Å². The summed E-state index contributed by atoms with van der Waals surface area (Å²) in [6.45, 7) is 0. The Labute approximate surface area is 200 Å². The third-order valence-corrected chi connectivity index (χ3v) is 5.15. The summed E-state index contributed by atoms with van der Waals surface area (Å²) in [7, 11) is 0. The second-order valence-corrected chi connectivity index (χ2v) is 8.17. The Balaban J connectivity index is 2.13. The van der Waals surface area contributed by atoms with Crippen molar-refractivity contribution in [3.8, 4) is 11.1 Å². The predicted molar refractivity (Wildman–Crippen MR) is 106 cm³/mol. The molecular weight excluding hydrogens is 540 g/mol. The van der Waals surface area contributed by atoms with Crippen LogP contribution in [0.15, 0.2) is 54.6 Å². The van der Waals surface area contributed by atoms with Crippen LogP contribution >= 0.6 is 11.6 Å². The molecule has 0 aliphatic carbocycles. The molecule has 3 rings (SSSR count). The standard InChI is InChI=1S/C23H11ClF12/c24-19-5-11(1-12-3-15(20(25,26)27)9-16(4-12)21(28,29)30)2-13(8-19)14-6-17(22(31,32)33)10-18(7-14)23(34,35)36/h2-10H,1H2. The molecule has 0 aliphatic heterocycles. The van der Waals surface area contributed by atoms with Crippen molar-refractivity contribution in [1.29, 1.82) is 0 Å². The fourth-order valence-corrected chi connectivity index (χ4v) is 3.66. The maximum atomic E-state index is 13.2. The first-order valence-corrected chi connectivity index (χ1v) is 9.99. The summed E-state index contributed by atoms with van der Waals surface area (Å²) in [6.07, 6.45) is -21.1. The molecule has 36 heavy (non-hydrogen) atoms. The van der Waals surface area contributed by atoms with Gasteiger partial charge in [-0.3, -0.25) is 0 Å². The quantitative estimate of drug-likeness (QED) is 0.285. The molecule has 0 aliphatic rings. The number of hydrogen-bond donors (Lipinski definition) is 0. The molecule has 0 amide bonds. The summed E-state index contributed by atoms with van der Waals surface area (Å²) in [5, 5.41) is -0.212. The van der Waals surface area contributed by atoms with E-state index in [-0.39, 0.29) is 28.3 Å². The molecule has 0 heterocycles. The van der Waals surface area contributed by atoms with Crippen LogP contribution in [0.4, 0.5) is 52.7 Å². The van der Waals surface area contributed by atoms with Crippen molar-refractivity contribution in [1.82, 2.24) is 0 Å². The van der Waals surface area contributed by atoms with Crippen LogP contribution in [0.1, 0.15) is 33.4 Å². The van der Waals surface area contributed by atoms with E-state index < -0.39 is 64.5 Å². The third-order valence-electron chi connectivity index (χ3n) is 4.93. The average molecular weight is 551 g/mol. The predicted octanol–water partition coefficient (Wildman–Crippen LogP) is 9.67. The lowest BCUT2D eigenvalue weighted by Gasteiger charge is -2.16. The second kappa shape index (κ2) is 9.20. The second-order valence-electron chi connectivity index (χ2n) is 7.73. The molecule has 0 N–H and O–H groups in total. The maximum absolute atomic E-state index is 13.2. The smallest absolute Gasteiger partial charge is 0.166 e. The van der Waals surface area contributed by atoms with Crippen molar-refractivity contribution >= 4 is 11.6 Å². The van der Waals surface area contributed by atoms with Crippen molar-refractivity contribution in [2.75, 3.05) is 0 Å². The molecular formula is C23H11ClF12. The van der Waals surface area contributed by atoms with Gasteiger partial charge in [-0.15, -0.1) is 0 Å². The highest BCUT2D eigenvalue weighted by Crippen LogP contribution is 2.40. The molecule has 0 aromatic heterocycles. The van der Waals surface area contributed by atoms with Gasteiger partial charge in [-0.1, -0.05) is 17.7 Å². The molecule has 0 radical (unpaired) electrons. The number of rotatable bonds is 3. The van der Waals surface area contributed by atoms with Gasteiger partial charge in [0.15, 0.2) is 0 Å². The van der Waals surface area contributed by atoms with Crippen molar-refractivity contribution in [2.45, 2.75) is 31.1 Å². The molecule has 0 fully saturated rings. The van der Waals surface area contributed by atoms with Gasteiger partial charge in [-0.2, -0.15) is 52.7 Å². The zero-order valence-corrected chi connectivity index (χ0v) is 18.1. The largest absolute Gasteiger partial charge is 0.416 e. The number of hydrogen-bond acceptors (Lipinski definition) is 0. The molecule has 0 nitrogen and oxygen atoms in total. The van der Waals surface area contributed by atoms with Crippen molar-refractivity contribution in [3.63, 3.8) is 0 Å². The van der Waals surface area contributed by atoms with E-state index in [9.17, 15) is 52.7 Å². The zero-order chi connectivity index (χ0) is 27.3. The highest BCUT2D eigenvalue weighted by atomic mass is 35.5. The van der Waals surface area contributed by atoms with E-state index in [1.165, 1.54) is 0 Å². The summed E-state index contributed by atoms with van der Waals surface area (Å²) in [6, 6.07) is 4.79. The van der Waals surface area contributed by atoms with Gasteiger partial charge in [0.25, 0.3) is 0 Å². The van der Waals surface area contributed by atoms with Crippen LogP contribution in [0.3, 0.4) is 0 Å². The highest BCUT2D eigenvalue weighted by molar-refractivity contribution is 6.31. The SMILES string of the molecule is FC(F)(F)c1cc(Cc2cc(Cl)cc(-c3cc(C(F)(F)F)cc(C(F)(F)F)c3)c2)cc(C(F)(F)F)c1. The van der Waals surface area contributed by atoms with E-state index >= 15 is 0 Å². The summed E-state index contributed by atoms with van der Waals surface area (Å²) in [4.78, 5) is 0. The summed E-state index contributed by atoms with van der Waals surface area (Å²) < 4.78 is 158. The van der Waals surface area contributed by atoms with E-state index in [0.717, 1.165) is 18.2 Å². The maximum Gasteiger partial charge on any atom is 0.416 e. The van der Waals surface area contributed by atoms with Crippen LogP contribution in [0.25, 0.3) is 11.1 Å². The van der Waals surface area contributed by atoms with Crippen LogP contribution < -0.4 is 0 Å². The molecule has 3 aromatic rings. The lowest BCUT2D eigenvalue weighted by atomic mass is 9.95. The molecule has 0 saturated heterocycles. The van der Waals surface area contributed by atoms with Crippen LogP contribution in [0.5, 0.6) is 0 Å². The van der Waals surface area contributed by atoms with E-state index in [2.05, 4.69) is 0 Å². The normalized spacial score (nSPS) is 13.2. The van der Waals surface area contributed by atoms with E-state index in [0.29, 0.717) is 24.3 Å². The summed E-state index contributed by atoms with van der Waals surface area (Å²) in [5.41, 5.74) is -7.69. The lowest BCUT2D eigenvalue weighted by molar-refractivity contribution is -0.144. The molecule has 0 unspecified atom stereocenters. The fraction of sp³-hybridized carbons (Fsp3) is 0.217. The number of benzene rings is 3. The minimum Gasteiger partial charge on any atom is -0.166 e. The van der Waals surface area contributed by atoms with Crippen LogP contribution in [0, 0.1) is 0 Å². The highest BCUT2D eigenvalue weighted by Gasteiger charge is 2.38. The van der Waals surface area contributed by atoms with Crippen LogP contribution in [-0.2, 0) is 31.1 Å². The van der Waals surface area contributed by atoms with Crippen molar-refractivity contribution in [2.24, 2.45) is 0 Å². The van der Waals surface area contributed by atoms with Gasteiger partial charge >= 0.3 is 24.7 Å². The molecule has 13 heteroatoms. The first-order valence-electron chi connectivity index (χ1n) is 9.61. The summed E-state index contributed by atoms with van der Waals surface area (Å²) >= 11 is 5.93. The zero-order valence-electron chi connectivity index (χ0n) is 17.3. The third kappa shape index (κ3) is 6.65. The minimum absolute atomic E-state index is 0.0454. The number of halogens is 13. The number of alkyl halides is 12. The fourth-order valence-electron chi connectivity index (χ4n) is 3.40. The lowest BCUT2D eigenvalue weighted by Crippen LogP contribution is -2.12. The first-order chi connectivity index (χ1) is 16.2. The van der Waals surface area contributed by atoms with E-state index in [1.807, 2.05) is 0 Å². The Kier molecular flexibility index (Phi) is 7.08. The van der Waals surface area contributed by atoms with E-state index in [1.54, 1.807) is 0 Å². The summed E-state index contributed by atoms with van der Waals surface area (Å²) in [5.74, 6) is 0. The molecule has 0 saturated carbocycles. The average Bonchev–Trinajstić information content (AvgIpc) is 2.70. The van der Waals surface area contributed by atoms with Gasteiger partial charge in [0, 0.05) is 5.02 Å². The van der Waals surface area contributed by atoms with Gasteiger partial charge in [-0.25, -0.2) is 0 Å². The monoisotopic (exact) mass is 550 g/mol. The van der Waals surface area contributed by atoms with Gasteiger partial charge in [0.2, 0.25) is 0 Å². The van der Waals surface area contributed by atoms with Gasteiger partial charge in [-0.05, 0) is 77.2 Å². The Morgan fingerprint density at radius 1 is 0.417 bits per heavy atom. The van der Waals surface area contributed by atoms with Crippen LogP contribution in [0.2, 0.25) is 5.02 Å². The Bertz CT molecular complexity index is 1200. The Morgan fingerprint density at radius 2 is 0.750 bits per heavy atom. The van der Waals surface area contributed by atoms with Gasteiger partial charge < -0.3 is 0 Å². The van der Waals surface area contributed by atoms with Crippen molar-refractivity contribution < 1.29 is 52.7 Å². The molecule has 0 bridgehead atoms. The molecule has 3 aromatic carbocycles. The van der Waals surface area contributed by atoms with Gasteiger partial charge in [0.05, 0.1) is 22.3 Å². The van der Waals surface area contributed by atoms with Gasteiger partial charge in [0.1, 0.15) is 0 Å².